The number of fused-ring (bicyclic) bond motifs is 1. The first-order chi connectivity index (χ1) is 13.1. The highest BCUT2D eigenvalue weighted by atomic mass is 15.1. The minimum absolute atomic E-state index is 0.586. The quantitative estimate of drug-likeness (QED) is 0.537. The standard InChI is InChI=1S/C23H20N4/c1-15-11-21-22(12-16(15)2)27(14-19-6-4-3-5-18(19)13-24)23(26-21)17-7-9-20(25)10-8-17/h3-12H,14,25H2,1-2H3. The molecule has 0 radical (unpaired) electrons. The summed E-state index contributed by atoms with van der Waals surface area (Å²) in [5, 5.41) is 9.47. The molecule has 4 nitrogen and oxygen atoms in total. The molecule has 3 aromatic carbocycles. The molecule has 0 atom stereocenters. The van der Waals surface area contributed by atoms with Gasteiger partial charge in [0.1, 0.15) is 5.82 Å². The third kappa shape index (κ3) is 3.04. The Kier molecular flexibility index (Phi) is 4.13. The highest BCUT2D eigenvalue weighted by molar-refractivity contribution is 5.82. The SMILES string of the molecule is Cc1cc2nc(-c3ccc(N)cc3)n(Cc3ccccc3C#N)c2cc1C. The fourth-order valence-corrected chi connectivity index (χ4v) is 3.33. The first-order valence-electron chi connectivity index (χ1n) is 8.88. The van der Waals surface area contributed by atoms with E-state index in [1.54, 1.807) is 0 Å². The number of hydrogen-bond acceptors (Lipinski definition) is 3. The number of benzene rings is 3. The maximum absolute atomic E-state index is 9.47. The maximum Gasteiger partial charge on any atom is 0.141 e. The van der Waals surface area contributed by atoms with Crippen molar-refractivity contribution in [3.05, 3.63) is 82.9 Å². The Bertz CT molecular complexity index is 1180. The Morgan fingerprint density at radius 3 is 2.44 bits per heavy atom. The van der Waals surface area contributed by atoms with Crippen LogP contribution in [0.3, 0.4) is 0 Å². The number of aromatic nitrogens is 2. The van der Waals surface area contributed by atoms with Gasteiger partial charge >= 0.3 is 0 Å². The van der Waals surface area contributed by atoms with Crippen LogP contribution in [0.4, 0.5) is 5.69 Å². The van der Waals surface area contributed by atoms with Crippen LogP contribution in [0.25, 0.3) is 22.4 Å². The van der Waals surface area contributed by atoms with Crippen LogP contribution < -0.4 is 5.73 Å². The molecule has 0 saturated heterocycles. The highest BCUT2D eigenvalue weighted by Gasteiger charge is 2.15. The molecule has 1 aromatic heterocycles. The summed E-state index contributed by atoms with van der Waals surface area (Å²) >= 11 is 0. The van der Waals surface area contributed by atoms with E-state index in [1.807, 2.05) is 48.5 Å². The molecule has 0 spiro atoms. The van der Waals surface area contributed by atoms with Gasteiger partial charge in [0, 0.05) is 11.3 Å². The molecule has 4 heteroatoms. The third-order valence-corrected chi connectivity index (χ3v) is 5.00. The number of imidazole rings is 1. The first kappa shape index (κ1) is 16.9. The zero-order valence-corrected chi connectivity index (χ0v) is 15.4. The van der Waals surface area contributed by atoms with E-state index in [2.05, 4.69) is 36.6 Å². The molecule has 0 fully saturated rings. The summed E-state index contributed by atoms with van der Waals surface area (Å²) in [5.41, 5.74) is 13.7. The van der Waals surface area contributed by atoms with Gasteiger partial charge in [-0.3, -0.25) is 0 Å². The van der Waals surface area contributed by atoms with Crippen LogP contribution in [0.5, 0.6) is 0 Å². The molecular weight excluding hydrogens is 332 g/mol. The van der Waals surface area contributed by atoms with Gasteiger partial charge in [0.2, 0.25) is 0 Å². The monoisotopic (exact) mass is 352 g/mol. The van der Waals surface area contributed by atoms with Crippen molar-refractivity contribution in [2.45, 2.75) is 20.4 Å². The van der Waals surface area contributed by atoms with Crippen molar-refractivity contribution in [1.82, 2.24) is 9.55 Å². The molecule has 0 aliphatic rings. The largest absolute Gasteiger partial charge is 0.399 e. The lowest BCUT2D eigenvalue weighted by molar-refractivity contribution is 0.831. The zero-order valence-electron chi connectivity index (χ0n) is 15.4. The second-order valence-electron chi connectivity index (χ2n) is 6.84. The van der Waals surface area contributed by atoms with Gasteiger partial charge in [-0.25, -0.2) is 4.98 Å². The fourth-order valence-electron chi connectivity index (χ4n) is 3.33. The van der Waals surface area contributed by atoms with Gasteiger partial charge in [-0.15, -0.1) is 0 Å². The lowest BCUT2D eigenvalue weighted by atomic mass is 10.1. The van der Waals surface area contributed by atoms with Gasteiger partial charge in [-0.1, -0.05) is 18.2 Å². The third-order valence-electron chi connectivity index (χ3n) is 5.00. The summed E-state index contributed by atoms with van der Waals surface area (Å²) in [6, 6.07) is 22.1. The van der Waals surface area contributed by atoms with E-state index in [0.29, 0.717) is 12.1 Å². The molecular formula is C23H20N4. The molecule has 0 aliphatic heterocycles. The second-order valence-corrected chi connectivity index (χ2v) is 6.84. The van der Waals surface area contributed by atoms with Gasteiger partial charge in [0.15, 0.2) is 0 Å². The van der Waals surface area contributed by atoms with E-state index in [1.165, 1.54) is 11.1 Å². The van der Waals surface area contributed by atoms with Gasteiger partial charge in [-0.2, -0.15) is 5.26 Å². The number of aryl methyl sites for hydroxylation is 2. The molecule has 132 valence electrons. The molecule has 2 N–H and O–H groups in total. The van der Waals surface area contributed by atoms with Crippen LogP contribution in [0.2, 0.25) is 0 Å². The predicted octanol–water partition coefficient (Wildman–Crippen LogP) is 4.82. The summed E-state index contributed by atoms with van der Waals surface area (Å²) in [4.78, 5) is 4.91. The molecule has 0 bridgehead atoms. The minimum Gasteiger partial charge on any atom is -0.399 e. The van der Waals surface area contributed by atoms with Crippen molar-refractivity contribution in [3.8, 4) is 17.5 Å². The topological polar surface area (TPSA) is 67.6 Å². The lowest BCUT2D eigenvalue weighted by Gasteiger charge is -2.12. The van der Waals surface area contributed by atoms with E-state index in [4.69, 9.17) is 10.7 Å². The molecule has 4 aromatic rings. The Labute approximate surface area is 158 Å². The first-order valence-corrected chi connectivity index (χ1v) is 8.88. The molecule has 4 rings (SSSR count). The smallest absolute Gasteiger partial charge is 0.141 e. The van der Waals surface area contributed by atoms with Gasteiger partial charge in [0.25, 0.3) is 0 Å². The molecule has 0 unspecified atom stereocenters. The summed E-state index contributed by atoms with van der Waals surface area (Å²) in [6.45, 7) is 4.79. The average molecular weight is 352 g/mol. The van der Waals surface area contributed by atoms with E-state index < -0.39 is 0 Å². The van der Waals surface area contributed by atoms with Crippen LogP contribution in [-0.2, 0) is 6.54 Å². The second kappa shape index (κ2) is 6.62. The summed E-state index contributed by atoms with van der Waals surface area (Å²) in [6.07, 6.45) is 0. The minimum atomic E-state index is 0.586. The Hall–Kier alpha value is -3.58. The highest BCUT2D eigenvalue weighted by Crippen LogP contribution is 2.29. The molecule has 0 aliphatic carbocycles. The molecule has 0 amide bonds. The van der Waals surface area contributed by atoms with Crippen molar-refractivity contribution in [2.24, 2.45) is 0 Å². The van der Waals surface area contributed by atoms with Crippen molar-refractivity contribution in [2.75, 3.05) is 5.73 Å². The number of nitriles is 1. The molecule has 0 saturated carbocycles. The van der Waals surface area contributed by atoms with E-state index in [-0.39, 0.29) is 0 Å². The van der Waals surface area contributed by atoms with E-state index >= 15 is 0 Å². The Morgan fingerprint density at radius 2 is 1.70 bits per heavy atom. The van der Waals surface area contributed by atoms with E-state index in [0.717, 1.165) is 33.7 Å². The van der Waals surface area contributed by atoms with Crippen LogP contribution >= 0.6 is 0 Å². The fraction of sp³-hybridized carbons (Fsp3) is 0.130. The van der Waals surface area contributed by atoms with Crippen molar-refractivity contribution >= 4 is 16.7 Å². The van der Waals surface area contributed by atoms with Crippen LogP contribution in [-0.4, -0.2) is 9.55 Å². The summed E-state index contributed by atoms with van der Waals surface area (Å²) in [7, 11) is 0. The van der Waals surface area contributed by atoms with Crippen molar-refractivity contribution < 1.29 is 0 Å². The normalized spacial score (nSPS) is 10.9. The van der Waals surface area contributed by atoms with Gasteiger partial charge in [-0.05, 0) is 73.0 Å². The van der Waals surface area contributed by atoms with Crippen LogP contribution in [0.1, 0.15) is 22.3 Å². The van der Waals surface area contributed by atoms with Gasteiger partial charge in [0.05, 0.1) is 29.2 Å². The number of nitrogen functional groups attached to an aromatic ring is 1. The van der Waals surface area contributed by atoms with E-state index in [9.17, 15) is 5.26 Å². The number of nitrogens with two attached hydrogens (primary N) is 1. The Balaban J connectivity index is 1.95. The van der Waals surface area contributed by atoms with Crippen LogP contribution in [0.15, 0.2) is 60.7 Å². The summed E-state index contributed by atoms with van der Waals surface area (Å²) in [5.74, 6) is 0.878. The number of hydrogen-bond donors (Lipinski definition) is 1. The van der Waals surface area contributed by atoms with Gasteiger partial charge < -0.3 is 10.3 Å². The lowest BCUT2D eigenvalue weighted by Crippen LogP contribution is -2.04. The molecule has 1 heterocycles. The Morgan fingerprint density at radius 1 is 1.00 bits per heavy atom. The summed E-state index contributed by atoms with van der Waals surface area (Å²) < 4.78 is 2.18. The molecule has 27 heavy (non-hydrogen) atoms. The number of rotatable bonds is 3. The number of nitrogens with zero attached hydrogens (tertiary/aromatic N) is 3. The average Bonchev–Trinajstić information content (AvgIpc) is 3.00. The van der Waals surface area contributed by atoms with Crippen molar-refractivity contribution in [1.29, 1.82) is 5.26 Å². The van der Waals surface area contributed by atoms with Crippen LogP contribution in [0, 0.1) is 25.2 Å². The predicted molar refractivity (Wildman–Crippen MR) is 109 cm³/mol. The number of anilines is 1. The van der Waals surface area contributed by atoms with Crippen molar-refractivity contribution in [3.63, 3.8) is 0 Å². The maximum atomic E-state index is 9.47. The zero-order chi connectivity index (χ0) is 19.0.